The molecule has 0 aromatic heterocycles. The molecule has 2 rings (SSSR count). The molecule has 5 nitrogen and oxygen atoms in total. The van der Waals surface area contributed by atoms with E-state index in [-0.39, 0.29) is 0 Å². The number of rotatable bonds is 3. The van der Waals surface area contributed by atoms with Crippen LogP contribution in [0.15, 0.2) is 29.3 Å². The third-order valence-corrected chi connectivity index (χ3v) is 2.79. The maximum Gasteiger partial charge on any atom is 0.337 e. The molecule has 1 aromatic carbocycles. The molecule has 90 valence electrons. The fraction of sp³-hybridized carbons (Fsp3) is 0.333. The summed E-state index contributed by atoms with van der Waals surface area (Å²) in [7, 11) is 1.90. The minimum absolute atomic E-state index is 0.382. The number of aliphatic hydroxyl groups is 1. The minimum Gasteiger partial charge on any atom is -0.479 e. The van der Waals surface area contributed by atoms with Crippen LogP contribution in [0.25, 0.3) is 0 Å². The van der Waals surface area contributed by atoms with Crippen LogP contribution in [0, 0.1) is 0 Å². The lowest BCUT2D eigenvalue weighted by atomic mass is 10.0. The monoisotopic (exact) mass is 234 g/mol. The molecule has 1 unspecified atom stereocenters. The van der Waals surface area contributed by atoms with Crippen LogP contribution in [0.2, 0.25) is 0 Å². The van der Waals surface area contributed by atoms with Crippen LogP contribution in [-0.4, -0.2) is 47.1 Å². The molecule has 0 amide bonds. The zero-order chi connectivity index (χ0) is 12.4. The van der Waals surface area contributed by atoms with Gasteiger partial charge in [-0.2, -0.15) is 0 Å². The summed E-state index contributed by atoms with van der Waals surface area (Å²) < 4.78 is 0. The Kier molecular flexibility index (Phi) is 3.10. The largest absolute Gasteiger partial charge is 0.479 e. The predicted molar refractivity (Wildman–Crippen MR) is 63.1 cm³/mol. The van der Waals surface area contributed by atoms with E-state index in [1.807, 2.05) is 18.0 Å². The summed E-state index contributed by atoms with van der Waals surface area (Å²) in [4.78, 5) is 17.1. The van der Waals surface area contributed by atoms with Crippen molar-refractivity contribution in [3.05, 3.63) is 35.4 Å². The number of hydrogen-bond donors (Lipinski definition) is 2. The molecule has 1 heterocycles. The van der Waals surface area contributed by atoms with Crippen LogP contribution < -0.4 is 0 Å². The van der Waals surface area contributed by atoms with Crippen molar-refractivity contribution in [1.82, 2.24) is 4.90 Å². The minimum atomic E-state index is -1.51. The Morgan fingerprint density at radius 1 is 1.47 bits per heavy atom. The number of aliphatic imine (C=N–C) groups is 1. The average Bonchev–Trinajstić information content (AvgIpc) is 2.74. The van der Waals surface area contributed by atoms with Crippen molar-refractivity contribution >= 4 is 11.8 Å². The van der Waals surface area contributed by atoms with Crippen LogP contribution in [0.1, 0.15) is 17.2 Å². The molecular formula is C12H14N2O3. The lowest BCUT2D eigenvalue weighted by Crippen LogP contribution is -2.26. The summed E-state index contributed by atoms with van der Waals surface area (Å²) in [5.41, 5.74) is 1.06. The van der Waals surface area contributed by atoms with Crippen LogP contribution in [-0.2, 0) is 4.79 Å². The van der Waals surface area contributed by atoms with Gasteiger partial charge in [0.2, 0.25) is 0 Å². The number of carbonyl (C=O) groups is 1. The summed E-state index contributed by atoms with van der Waals surface area (Å²) in [6.45, 7) is 1.51. The first-order valence-electron chi connectivity index (χ1n) is 5.37. The molecule has 0 saturated carbocycles. The van der Waals surface area contributed by atoms with Gasteiger partial charge < -0.3 is 15.1 Å². The summed E-state index contributed by atoms with van der Waals surface area (Å²) in [5.74, 6) is -0.514. The molecule has 0 radical (unpaired) electrons. The van der Waals surface area contributed by atoms with Crippen molar-refractivity contribution in [3.63, 3.8) is 0 Å². The highest BCUT2D eigenvalue weighted by Gasteiger charge is 2.24. The number of carboxylic acids is 1. The van der Waals surface area contributed by atoms with Crippen LogP contribution >= 0.6 is 0 Å². The summed E-state index contributed by atoms with van der Waals surface area (Å²) in [5, 5.41) is 18.5. The van der Waals surface area contributed by atoms with E-state index in [4.69, 9.17) is 5.11 Å². The Bertz CT molecular complexity index is 471. The summed E-state index contributed by atoms with van der Waals surface area (Å²) in [6.07, 6.45) is -1.51. The van der Waals surface area contributed by atoms with Gasteiger partial charge in [0.1, 0.15) is 5.84 Å². The highest BCUT2D eigenvalue weighted by atomic mass is 16.4. The molecule has 2 N–H and O–H groups in total. The normalized spacial score (nSPS) is 16.8. The molecule has 0 bridgehead atoms. The number of amidine groups is 1. The van der Waals surface area contributed by atoms with E-state index in [9.17, 15) is 9.90 Å². The lowest BCUT2D eigenvalue weighted by Gasteiger charge is -2.18. The molecule has 0 fully saturated rings. The smallest absolute Gasteiger partial charge is 0.337 e. The van der Waals surface area contributed by atoms with Crippen molar-refractivity contribution in [2.24, 2.45) is 4.99 Å². The van der Waals surface area contributed by atoms with Gasteiger partial charge in [0.15, 0.2) is 6.10 Å². The number of likely N-dealkylation sites (N-methyl/N-ethyl adjacent to an activating group) is 1. The Morgan fingerprint density at radius 3 is 2.76 bits per heavy atom. The van der Waals surface area contributed by atoms with Crippen LogP contribution in [0.3, 0.4) is 0 Å². The van der Waals surface area contributed by atoms with Gasteiger partial charge in [-0.05, 0) is 0 Å². The van der Waals surface area contributed by atoms with Crippen molar-refractivity contribution in [2.75, 3.05) is 20.1 Å². The van der Waals surface area contributed by atoms with Crippen molar-refractivity contribution in [2.45, 2.75) is 6.10 Å². The van der Waals surface area contributed by atoms with E-state index < -0.39 is 12.1 Å². The Balaban J connectivity index is 2.44. The van der Waals surface area contributed by atoms with E-state index >= 15 is 0 Å². The van der Waals surface area contributed by atoms with Gasteiger partial charge in [-0.15, -0.1) is 0 Å². The van der Waals surface area contributed by atoms with Gasteiger partial charge in [-0.25, -0.2) is 4.79 Å². The van der Waals surface area contributed by atoms with E-state index in [0.717, 1.165) is 12.4 Å². The van der Waals surface area contributed by atoms with Crippen molar-refractivity contribution < 1.29 is 15.0 Å². The SMILES string of the molecule is CN1CCN=C1c1ccccc1C(O)C(=O)O. The van der Waals surface area contributed by atoms with Gasteiger partial charge >= 0.3 is 5.97 Å². The quantitative estimate of drug-likeness (QED) is 0.798. The molecular weight excluding hydrogens is 220 g/mol. The standard InChI is InChI=1S/C12H14N2O3/c1-14-7-6-13-11(14)9-5-3-2-4-8(9)10(15)12(16)17/h2-5,10,15H,6-7H2,1H3,(H,16,17). The first-order chi connectivity index (χ1) is 8.11. The molecule has 5 heteroatoms. The molecule has 0 saturated heterocycles. The maximum absolute atomic E-state index is 10.8. The fourth-order valence-corrected chi connectivity index (χ4v) is 1.90. The molecule has 1 aromatic rings. The van der Waals surface area contributed by atoms with E-state index in [0.29, 0.717) is 17.7 Å². The highest BCUT2D eigenvalue weighted by molar-refractivity contribution is 6.01. The van der Waals surface area contributed by atoms with Gasteiger partial charge in [0.25, 0.3) is 0 Å². The second kappa shape index (κ2) is 4.55. The first-order valence-corrected chi connectivity index (χ1v) is 5.37. The average molecular weight is 234 g/mol. The van der Waals surface area contributed by atoms with E-state index in [1.54, 1.807) is 18.2 Å². The second-order valence-electron chi connectivity index (χ2n) is 3.95. The molecule has 1 atom stereocenters. The van der Waals surface area contributed by atoms with Crippen LogP contribution in [0.5, 0.6) is 0 Å². The third kappa shape index (κ3) is 2.14. The molecule has 1 aliphatic rings. The highest BCUT2D eigenvalue weighted by Crippen LogP contribution is 2.21. The van der Waals surface area contributed by atoms with E-state index in [1.165, 1.54) is 0 Å². The number of hydrogen-bond acceptors (Lipinski definition) is 4. The summed E-state index contributed by atoms with van der Waals surface area (Å²) in [6, 6.07) is 6.91. The van der Waals surface area contributed by atoms with Gasteiger partial charge in [-0.3, -0.25) is 4.99 Å². The third-order valence-electron chi connectivity index (χ3n) is 2.79. The topological polar surface area (TPSA) is 73.1 Å². The molecule has 0 aliphatic carbocycles. The Hall–Kier alpha value is -1.88. The predicted octanol–water partition coefficient (Wildman–Crippen LogP) is 0.497. The van der Waals surface area contributed by atoms with Gasteiger partial charge in [0.05, 0.1) is 6.54 Å². The van der Waals surface area contributed by atoms with E-state index in [2.05, 4.69) is 4.99 Å². The number of benzene rings is 1. The van der Waals surface area contributed by atoms with Crippen LogP contribution in [0.4, 0.5) is 0 Å². The number of aliphatic hydroxyl groups excluding tert-OH is 1. The molecule has 0 spiro atoms. The van der Waals surface area contributed by atoms with Gasteiger partial charge in [-0.1, -0.05) is 24.3 Å². The number of carboxylic acid groups (broad SMARTS) is 1. The van der Waals surface area contributed by atoms with Crippen molar-refractivity contribution in [1.29, 1.82) is 0 Å². The first kappa shape index (κ1) is 11.6. The zero-order valence-corrected chi connectivity index (χ0v) is 9.50. The lowest BCUT2D eigenvalue weighted by molar-refractivity contribution is -0.146. The molecule has 17 heavy (non-hydrogen) atoms. The molecule has 1 aliphatic heterocycles. The number of aliphatic carboxylic acids is 1. The van der Waals surface area contributed by atoms with Crippen molar-refractivity contribution in [3.8, 4) is 0 Å². The Labute approximate surface area is 99.0 Å². The van der Waals surface area contributed by atoms with Gasteiger partial charge in [0, 0.05) is 24.7 Å². The number of nitrogens with zero attached hydrogens (tertiary/aromatic N) is 2. The second-order valence-corrected chi connectivity index (χ2v) is 3.95. The Morgan fingerprint density at radius 2 is 2.18 bits per heavy atom. The zero-order valence-electron chi connectivity index (χ0n) is 9.50. The fourth-order valence-electron chi connectivity index (χ4n) is 1.90. The maximum atomic E-state index is 10.8. The summed E-state index contributed by atoms with van der Waals surface area (Å²) >= 11 is 0.